The molecule has 0 radical (unpaired) electrons. The number of fused-ring (bicyclic) bond motifs is 1. The number of carbonyl (C=O) groups is 1. The largest absolute Gasteiger partial charge is 0.340 e. The molecule has 0 bridgehead atoms. The van der Waals surface area contributed by atoms with Crippen LogP contribution in [-0.4, -0.2) is 52.6 Å². The van der Waals surface area contributed by atoms with Crippen LogP contribution in [-0.2, 0) is 0 Å². The molecule has 1 N–H and O–H groups in total. The number of aromatic nitrogens is 3. The van der Waals surface area contributed by atoms with Crippen molar-refractivity contribution < 1.29 is 4.79 Å². The van der Waals surface area contributed by atoms with Gasteiger partial charge in [0.05, 0.1) is 6.20 Å². The molecule has 0 fully saturated rings. The Balaban J connectivity index is 0.00000162. The van der Waals surface area contributed by atoms with Crippen LogP contribution < -0.4 is 5.32 Å². The lowest BCUT2D eigenvalue weighted by Gasteiger charge is -2.15. The topological polar surface area (TPSA) is 62.5 Å². The van der Waals surface area contributed by atoms with E-state index in [0.29, 0.717) is 17.8 Å². The van der Waals surface area contributed by atoms with Gasteiger partial charge in [-0.2, -0.15) is 5.10 Å². The highest BCUT2D eigenvalue weighted by atomic mass is 35.5. The van der Waals surface area contributed by atoms with E-state index in [9.17, 15) is 4.79 Å². The molecule has 0 aliphatic rings. The molecular formula is C11H17Cl2N5O. The fourth-order valence-electron chi connectivity index (χ4n) is 1.56. The zero-order chi connectivity index (χ0) is 12.3. The summed E-state index contributed by atoms with van der Waals surface area (Å²) in [6.07, 6.45) is 4.98. The van der Waals surface area contributed by atoms with Gasteiger partial charge in [-0.15, -0.1) is 24.8 Å². The number of halogens is 2. The molecule has 0 unspecified atom stereocenters. The maximum Gasteiger partial charge on any atom is 0.259 e. The quantitative estimate of drug-likeness (QED) is 0.910. The third kappa shape index (κ3) is 3.79. The second kappa shape index (κ2) is 7.93. The summed E-state index contributed by atoms with van der Waals surface area (Å²) in [4.78, 5) is 17.9. The first-order valence-corrected chi connectivity index (χ1v) is 5.42. The Morgan fingerprint density at radius 1 is 1.47 bits per heavy atom. The van der Waals surface area contributed by atoms with Crippen LogP contribution in [0, 0.1) is 0 Å². The molecule has 6 nitrogen and oxygen atoms in total. The standard InChI is InChI=1S/C11H15N5O.2ClH/c1-12-5-7-15(2)11(17)9-8-14-16-6-3-4-13-10(9)16;;/h3-4,6,8,12H,5,7H2,1-2H3;2*1H. The first kappa shape index (κ1) is 17.6. The molecule has 2 rings (SSSR count). The van der Waals surface area contributed by atoms with Gasteiger partial charge in [0.25, 0.3) is 5.91 Å². The van der Waals surface area contributed by atoms with Crippen LogP contribution in [0.3, 0.4) is 0 Å². The number of nitrogens with zero attached hydrogens (tertiary/aromatic N) is 4. The first-order valence-electron chi connectivity index (χ1n) is 5.42. The minimum atomic E-state index is -0.0612. The van der Waals surface area contributed by atoms with Gasteiger partial charge in [0, 0.05) is 32.5 Å². The molecule has 0 aromatic carbocycles. The van der Waals surface area contributed by atoms with Crippen molar-refractivity contribution in [1.82, 2.24) is 24.8 Å². The zero-order valence-electron chi connectivity index (χ0n) is 10.7. The first-order chi connectivity index (χ1) is 8.24. The zero-order valence-corrected chi connectivity index (χ0v) is 12.4. The van der Waals surface area contributed by atoms with Crippen molar-refractivity contribution in [2.75, 3.05) is 27.2 Å². The summed E-state index contributed by atoms with van der Waals surface area (Å²) < 4.78 is 1.60. The van der Waals surface area contributed by atoms with Gasteiger partial charge in [-0.3, -0.25) is 4.79 Å². The fraction of sp³-hybridized carbons (Fsp3) is 0.364. The second-order valence-electron chi connectivity index (χ2n) is 3.78. The highest BCUT2D eigenvalue weighted by Gasteiger charge is 2.16. The molecule has 8 heteroatoms. The van der Waals surface area contributed by atoms with Crippen molar-refractivity contribution >= 4 is 36.4 Å². The Kier molecular flexibility index (Phi) is 7.36. The van der Waals surface area contributed by atoms with E-state index in [1.165, 1.54) is 0 Å². The van der Waals surface area contributed by atoms with E-state index in [1.807, 2.05) is 7.05 Å². The van der Waals surface area contributed by atoms with Gasteiger partial charge in [0.1, 0.15) is 5.56 Å². The monoisotopic (exact) mass is 305 g/mol. The molecule has 0 aliphatic heterocycles. The summed E-state index contributed by atoms with van der Waals surface area (Å²) in [5.74, 6) is -0.0612. The van der Waals surface area contributed by atoms with Gasteiger partial charge < -0.3 is 10.2 Å². The summed E-state index contributed by atoms with van der Waals surface area (Å²) in [6.45, 7) is 1.41. The van der Waals surface area contributed by atoms with Crippen LogP contribution in [0.15, 0.2) is 24.7 Å². The lowest BCUT2D eigenvalue weighted by molar-refractivity contribution is 0.0798. The summed E-state index contributed by atoms with van der Waals surface area (Å²) >= 11 is 0. The Hall–Kier alpha value is -1.37. The van der Waals surface area contributed by atoms with Crippen molar-refractivity contribution in [2.45, 2.75) is 0 Å². The number of likely N-dealkylation sites (N-methyl/N-ethyl adjacent to an activating group) is 2. The number of carbonyl (C=O) groups excluding carboxylic acids is 1. The summed E-state index contributed by atoms with van der Waals surface area (Å²) in [7, 11) is 3.63. The Morgan fingerprint density at radius 2 is 2.21 bits per heavy atom. The molecule has 0 saturated carbocycles. The molecule has 2 aromatic heterocycles. The third-order valence-electron chi connectivity index (χ3n) is 2.55. The molecule has 2 heterocycles. The van der Waals surface area contributed by atoms with Crippen molar-refractivity contribution in [1.29, 1.82) is 0 Å². The van der Waals surface area contributed by atoms with Crippen LogP contribution in [0.1, 0.15) is 10.4 Å². The Bertz CT molecular complexity index is 531. The molecule has 1 amide bonds. The molecular weight excluding hydrogens is 289 g/mol. The number of amides is 1. The molecule has 0 saturated heterocycles. The number of rotatable bonds is 4. The predicted octanol–water partition coefficient (Wildman–Crippen LogP) is 0.864. The van der Waals surface area contributed by atoms with E-state index in [2.05, 4.69) is 15.4 Å². The highest BCUT2D eigenvalue weighted by Crippen LogP contribution is 2.09. The van der Waals surface area contributed by atoms with E-state index >= 15 is 0 Å². The van der Waals surface area contributed by atoms with Gasteiger partial charge in [0.2, 0.25) is 0 Å². The Labute approximate surface area is 124 Å². The smallest absolute Gasteiger partial charge is 0.259 e. The van der Waals surface area contributed by atoms with Gasteiger partial charge in [-0.25, -0.2) is 9.50 Å². The predicted molar refractivity (Wildman–Crippen MR) is 78.4 cm³/mol. The average Bonchev–Trinajstić information content (AvgIpc) is 2.78. The summed E-state index contributed by atoms with van der Waals surface area (Å²) in [5, 5.41) is 7.10. The number of hydrogen-bond donors (Lipinski definition) is 1. The van der Waals surface area contributed by atoms with Crippen LogP contribution in [0.25, 0.3) is 5.65 Å². The van der Waals surface area contributed by atoms with Crippen LogP contribution >= 0.6 is 24.8 Å². The third-order valence-corrected chi connectivity index (χ3v) is 2.55. The highest BCUT2D eigenvalue weighted by molar-refractivity contribution is 5.99. The van der Waals surface area contributed by atoms with Crippen molar-refractivity contribution in [3.63, 3.8) is 0 Å². The molecule has 19 heavy (non-hydrogen) atoms. The van der Waals surface area contributed by atoms with Crippen molar-refractivity contribution in [3.05, 3.63) is 30.2 Å². The molecule has 0 aliphatic carbocycles. The van der Waals surface area contributed by atoms with Crippen LogP contribution in [0.2, 0.25) is 0 Å². The summed E-state index contributed by atoms with van der Waals surface area (Å²) in [5.41, 5.74) is 1.12. The fourth-order valence-corrected chi connectivity index (χ4v) is 1.56. The van der Waals surface area contributed by atoms with Gasteiger partial charge in [-0.1, -0.05) is 0 Å². The second-order valence-corrected chi connectivity index (χ2v) is 3.78. The van der Waals surface area contributed by atoms with E-state index in [0.717, 1.165) is 6.54 Å². The molecule has 106 valence electrons. The van der Waals surface area contributed by atoms with Gasteiger partial charge in [-0.05, 0) is 13.1 Å². The van der Waals surface area contributed by atoms with Crippen molar-refractivity contribution in [2.24, 2.45) is 0 Å². The maximum absolute atomic E-state index is 12.1. The Morgan fingerprint density at radius 3 is 2.89 bits per heavy atom. The average molecular weight is 306 g/mol. The van der Waals surface area contributed by atoms with Gasteiger partial charge in [0.15, 0.2) is 5.65 Å². The van der Waals surface area contributed by atoms with Crippen molar-refractivity contribution in [3.8, 4) is 0 Å². The van der Waals surface area contributed by atoms with E-state index in [-0.39, 0.29) is 30.7 Å². The lowest BCUT2D eigenvalue weighted by atomic mass is 10.3. The molecule has 0 spiro atoms. The van der Waals surface area contributed by atoms with Crippen LogP contribution in [0.5, 0.6) is 0 Å². The summed E-state index contributed by atoms with van der Waals surface area (Å²) in [6, 6.07) is 1.78. The minimum Gasteiger partial charge on any atom is -0.340 e. The number of nitrogens with one attached hydrogen (secondary N) is 1. The minimum absolute atomic E-state index is 0. The maximum atomic E-state index is 12.1. The van der Waals surface area contributed by atoms with Crippen LogP contribution in [0.4, 0.5) is 0 Å². The van der Waals surface area contributed by atoms with E-state index in [1.54, 1.807) is 41.1 Å². The molecule has 0 atom stereocenters. The van der Waals surface area contributed by atoms with E-state index < -0.39 is 0 Å². The normalized spacial score (nSPS) is 9.58. The number of hydrogen-bond acceptors (Lipinski definition) is 4. The SMILES string of the molecule is CNCCN(C)C(=O)c1cnn2cccnc12.Cl.Cl. The van der Waals surface area contributed by atoms with Gasteiger partial charge >= 0.3 is 0 Å². The van der Waals surface area contributed by atoms with E-state index in [4.69, 9.17) is 0 Å². The molecule has 2 aromatic rings. The lowest BCUT2D eigenvalue weighted by Crippen LogP contribution is -2.32.